The number of unbranched alkanes of at least 4 members (excludes halogenated alkanes) is 31. The molecule has 0 aliphatic carbocycles. The Morgan fingerprint density at radius 2 is 0.634 bits per heavy atom. The molecular weight excluding hydrogens is 1050 g/mol. The number of allylic oxidation sites excluding steroid dienone is 14. The first kappa shape index (κ1) is 78.7. The zero-order valence-corrected chi connectivity index (χ0v) is 53.6. The second-order valence-corrected chi connectivity index (χ2v) is 23.7. The molecule has 0 bridgehead atoms. The van der Waals surface area contributed by atoms with E-state index in [0.717, 1.165) is 135 Å². The van der Waals surface area contributed by atoms with Crippen LogP contribution in [0.25, 0.3) is 0 Å². The monoisotopic (exact) mass is 1170 g/mol. The second kappa shape index (κ2) is 63.7. The van der Waals surface area contributed by atoms with Crippen LogP contribution in [0.15, 0.2) is 85.1 Å². The quantitative estimate of drug-likeness (QED) is 0.0197. The van der Waals surface area contributed by atoms with Crippen LogP contribution < -0.4 is 0 Å². The van der Waals surface area contributed by atoms with Crippen molar-refractivity contribution in [2.75, 3.05) is 26.4 Å². The van der Waals surface area contributed by atoms with E-state index in [1.165, 1.54) is 109 Å². The molecule has 0 radical (unpaired) electrons. The van der Waals surface area contributed by atoms with Crippen molar-refractivity contribution in [3.8, 4) is 0 Å². The smallest absolute Gasteiger partial charge is 0.462 e. The van der Waals surface area contributed by atoms with Gasteiger partial charge in [-0.1, -0.05) is 279 Å². The van der Waals surface area contributed by atoms with E-state index in [0.29, 0.717) is 19.3 Å². The van der Waals surface area contributed by atoms with Gasteiger partial charge in [-0.3, -0.25) is 23.4 Å². The summed E-state index contributed by atoms with van der Waals surface area (Å²) < 4.78 is 39.8. The Balaban J connectivity index is 4.70. The zero-order valence-electron chi connectivity index (χ0n) is 52.7. The summed E-state index contributed by atoms with van der Waals surface area (Å²) in [5, 5.41) is 9.87. The molecular formula is C70H123O11P. The molecule has 0 aromatic heterocycles. The molecule has 0 aromatic carbocycles. The average Bonchev–Trinajstić information content (AvgIpc) is 3.47. The van der Waals surface area contributed by atoms with Crippen LogP contribution in [0.3, 0.4) is 0 Å². The summed E-state index contributed by atoms with van der Waals surface area (Å²) in [5.41, 5.74) is 0. The molecule has 12 heteroatoms. The molecule has 2 N–H and O–H groups in total. The van der Waals surface area contributed by atoms with Gasteiger partial charge in [0.1, 0.15) is 12.7 Å². The van der Waals surface area contributed by atoms with Crippen LogP contribution in [0.1, 0.15) is 303 Å². The lowest BCUT2D eigenvalue weighted by Gasteiger charge is -2.21. The van der Waals surface area contributed by atoms with Gasteiger partial charge in [0.25, 0.3) is 0 Å². The summed E-state index contributed by atoms with van der Waals surface area (Å²) in [4.78, 5) is 48.8. The molecule has 0 rings (SSSR count). The van der Waals surface area contributed by atoms with E-state index in [1.807, 2.05) is 0 Å². The van der Waals surface area contributed by atoms with Crippen LogP contribution >= 0.6 is 7.82 Å². The van der Waals surface area contributed by atoms with Crippen molar-refractivity contribution in [3.63, 3.8) is 0 Å². The van der Waals surface area contributed by atoms with Crippen molar-refractivity contribution in [2.24, 2.45) is 0 Å². The van der Waals surface area contributed by atoms with Gasteiger partial charge in [0.15, 0.2) is 6.10 Å². The van der Waals surface area contributed by atoms with Gasteiger partial charge in [0.05, 0.1) is 19.8 Å². The number of phosphoric acid groups is 1. The number of hydrogen-bond donors (Lipinski definition) is 2. The lowest BCUT2D eigenvalue weighted by atomic mass is 10.0. The first-order valence-corrected chi connectivity index (χ1v) is 35.0. The van der Waals surface area contributed by atoms with Crippen LogP contribution in [-0.2, 0) is 42.2 Å². The fourth-order valence-corrected chi connectivity index (χ4v) is 10.1. The van der Waals surface area contributed by atoms with Crippen LogP contribution in [0.2, 0.25) is 0 Å². The molecule has 0 fully saturated rings. The fourth-order valence-electron chi connectivity index (χ4n) is 9.31. The van der Waals surface area contributed by atoms with E-state index in [9.17, 15) is 28.9 Å². The largest absolute Gasteiger partial charge is 0.472 e. The maximum Gasteiger partial charge on any atom is 0.472 e. The Bertz CT molecular complexity index is 1700. The molecule has 0 heterocycles. The van der Waals surface area contributed by atoms with Gasteiger partial charge in [-0.05, 0) is 89.9 Å². The molecule has 3 atom stereocenters. The van der Waals surface area contributed by atoms with Crippen LogP contribution in [0, 0.1) is 0 Å². The van der Waals surface area contributed by atoms with Crippen molar-refractivity contribution >= 4 is 25.7 Å². The summed E-state index contributed by atoms with van der Waals surface area (Å²) in [6, 6.07) is 0. The molecule has 0 saturated carbocycles. The number of phosphoric ester groups is 1. The minimum Gasteiger partial charge on any atom is -0.462 e. The standard InChI is InChI=1S/C70H123O11P/c1-4-7-10-13-16-19-22-25-28-31-33-36-38-41-44-47-50-53-56-59-68(72)77-63-67(81-70(74)61-58-55-52-49-46-43-40-37-34-32-29-26-23-20-17-14-11-8-5-2)65-79-82(75,76)78-64-66(62-71)80-69(73)60-57-54-51-48-45-42-39-35-30-27-24-21-18-15-12-9-6-3/h7,9-10,12,16,18-19,21,25,27-28,30,33,36,66-67,71H,4-6,8,11,13-15,17,20,22-24,26,29,31-32,34-35,37-65H2,1-3H3,(H,75,76)/b10-7-,12-9-,19-16-,21-18-,28-25-,30-27-,36-33-. The van der Waals surface area contributed by atoms with E-state index < -0.39 is 57.8 Å². The summed E-state index contributed by atoms with van der Waals surface area (Å²) >= 11 is 0. The van der Waals surface area contributed by atoms with Gasteiger partial charge in [0.2, 0.25) is 0 Å². The molecule has 474 valence electrons. The topological polar surface area (TPSA) is 155 Å². The second-order valence-electron chi connectivity index (χ2n) is 22.2. The summed E-state index contributed by atoms with van der Waals surface area (Å²) in [7, 11) is -4.76. The van der Waals surface area contributed by atoms with Crippen LogP contribution in [0.5, 0.6) is 0 Å². The highest BCUT2D eigenvalue weighted by Crippen LogP contribution is 2.43. The van der Waals surface area contributed by atoms with Gasteiger partial charge in [0, 0.05) is 19.3 Å². The van der Waals surface area contributed by atoms with Gasteiger partial charge in [-0.25, -0.2) is 4.57 Å². The third-order valence-corrected chi connectivity index (χ3v) is 15.3. The van der Waals surface area contributed by atoms with E-state index in [4.69, 9.17) is 23.3 Å². The van der Waals surface area contributed by atoms with Gasteiger partial charge in [-0.15, -0.1) is 0 Å². The normalized spacial score (nSPS) is 13.8. The third-order valence-electron chi connectivity index (χ3n) is 14.3. The number of ether oxygens (including phenoxy) is 3. The van der Waals surface area contributed by atoms with Gasteiger partial charge < -0.3 is 24.2 Å². The molecule has 0 aliphatic rings. The summed E-state index contributed by atoms with van der Waals surface area (Å²) in [6.07, 6.45) is 75.3. The molecule has 0 spiro atoms. The minimum atomic E-state index is -4.76. The first-order valence-electron chi connectivity index (χ1n) is 33.5. The third kappa shape index (κ3) is 61.2. The van der Waals surface area contributed by atoms with Crippen LogP contribution in [0.4, 0.5) is 0 Å². The van der Waals surface area contributed by atoms with E-state index in [1.54, 1.807) is 0 Å². The van der Waals surface area contributed by atoms with Crippen molar-refractivity contribution < 1.29 is 52.2 Å². The zero-order chi connectivity index (χ0) is 59.8. The Labute approximate surface area is 502 Å². The molecule has 0 aromatic rings. The highest BCUT2D eigenvalue weighted by Gasteiger charge is 2.28. The number of carbonyl (C=O) groups excluding carboxylic acids is 3. The SMILES string of the molecule is CC/C=C\C/C=C\C/C=C\C/C=C\CCCCCCCCC(=O)OCC(COP(=O)(O)OCC(CO)OC(=O)CCCCCCCCC/C=C\C/C=C\C/C=C\CC)OC(=O)CCCCCCCCCCCCCCCCCCCCC. The lowest BCUT2D eigenvalue weighted by molar-refractivity contribution is -0.161. The Morgan fingerprint density at radius 1 is 0.354 bits per heavy atom. The fraction of sp³-hybridized carbons (Fsp3) is 0.757. The van der Waals surface area contributed by atoms with Crippen molar-refractivity contribution in [3.05, 3.63) is 85.1 Å². The molecule has 82 heavy (non-hydrogen) atoms. The molecule has 3 unspecified atom stereocenters. The first-order chi connectivity index (χ1) is 40.2. The highest BCUT2D eigenvalue weighted by molar-refractivity contribution is 7.47. The number of esters is 3. The Morgan fingerprint density at radius 3 is 0.976 bits per heavy atom. The molecule has 0 aliphatic heterocycles. The van der Waals surface area contributed by atoms with Crippen molar-refractivity contribution in [1.82, 2.24) is 0 Å². The molecule has 0 saturated heterocycles. The van der Waals surface area contributed by atoms with E-state index >= 15 is 0 Å². The van der Waals surface area contributed by atoms with E-state index in [2.05, 4.69) is 106 Å². The molecule has 11 nitrogen and oxygen atoms in total. The van der Waals surface area contributed by atoms with Crippen LogP contribution in [-0.4, -0.2) is 66.5 Å². The van der Waals surface area contributed by atoms with E-state index in [-0.39, 0.29) is 25.9 Å². The number of carbonyl (C=O) groups is 3. The maximum atomic E-state index is 13.0. The predicted octanol–water partition coefficient (Wildman–Crippen LogP) is 20.6. The van der Waals surface area contributed by atoms with Gasteiger partial charge in [-0.2, -0.15) is 0 Å². The van der Waals surface area contributed by atoms with Crippen molar-refractivity contribution in [2.45, 2.75) is 315 Å². The molecule has 0 amide bonds. The number of aliphatic hydroxyl groups excluding tert-OH is 1. The van der Waals surface area contributed by atoms with Crippen molar-refractivity contribution in [1.29, 1.82) is 0 Å². The average molecular weight is 1170 g/mol. The number of rotatable bonds is 62. The minimum absolute atomic E-state index is 0.164. The lowest BCUT2D eigenvalue weighted by Crippen LogP contribution is -2.30. The number of aliphatic hydroxyl groups is 1. The summed E-state index contributed by atoms with van der Waals surface area (Å²) in [6.45, 7) is 4.45. The summed E-state index contributed by atoms with van der Waals surface area (Å²) in [5.74, 6) is -1.48. The Kier molecular flexibility index (Phi) is 61.1. The Hall–Kier alpha value is -3.34. The predicted molar refractivity (Wildman–Crippen MR) is 344 cm³/mol. The van der Waals surface area contributed by atoms with Gasteiger partial charge >= 0.3 is 25.7 Å². The number of hydrogen-bond acceptors (Lipinski definition) is 10. The highest BCUT2D eigenvalue weighted by atomic mass is 31.2. The maximum absolute atomic E-state index is 13.0.